The molecule has 1 unspecified atom stereocenters. The predicted molar refractivity (Wildman–Crippen MR) is 57.9 cm³/mol. The van der Waals surface area contributed by atoms with Gasteiger partial charge in [-0.15, -0.1) is 0 Å². The molecule has 0 spiro atoms. The van der Waals surface area contributed by atoms with Crippen molar-refractivity contribution in [3.05, 3.63) is 0 Å². The molecule has 0 rings (SSSR count). The van der Waals surface area contributed by atoms with Gasteiger partial charge in [0, 0.05) is 13.1 Å². The molecule has 13 heavy (non-hydrogen) atoms. The minimum absolute atomic E-state index is 0.291. The SMILES string of the molecule is CCCC(C)CN(CCC)CCO. The van der Waals surface area contributed by atoms with E-state index < -0.39 is 0 Å². The molecule has 0 saturated heterocycles. The molecule has 0 aliphatic heterocycles. The maximum absolute atomic E-state index is 8.86. The summed E-state index contributed by atoms with van der Waals surface area (Å²) >= 11 is 0. The third-order valence-electron chi connectivity index (χ3n) is 2.31. The van der Waals surface area contributed by atoms with E-state index in [4.69, 9.17) is 5.11 Å². The number of aliphatic hydroxyl groups is 1. The number of nitrogens with zero attached hydrogens (tertiary/aromatic N) is 1. The quantitative estimate of drug-likeness (QED) is 0.629. The summed E-state index contributed by atoms with van der Waals surface area (Å²) in [6, 6.07) is 0. The average molecular weight is 187 g/mol. The zero-order valence-corrected chi connectivity index (χ0v) is 9.42. The molecule has 0 aromatic rings. The largest absolute Gasteiger partial charge is 0.395 e. The molecule has 1 atom stereocenters. The summed E-state index contributed by atoms with van der Waals surface area (Å²) in [5, 5.41) is 8.86. The minimum Gasteiger partial charge on any atom is -0.395 e. The molecule has 2 heteroatoms. The van der Waals surface area contributed by atoms with Crippen LogP contribution in [0.15, 0.2) is 0 Å². The van der Waals surface area contributed by atoms with Gasteiger partial charge >= 0.3 is 0 Å². The van der Waals surface area contributed by atoms with Crippen molar-refractivity contribution in [2.24, 2.45) is 5.92 Å². The number of rotatable bonds is 8. The smallest absolute Gasteiger partial charge is 0.0558 e. The van der Waals surface area contributed by atoms with Crippen LogP contribution in [0.25, 0.3) is 0 Å². The standard InChI is InChI=1S/C11H25NO/c1-4-6-11(3)10-12(7-5-2)8-9-13/h11,13H,4-10H2,1-3H3. The predicted octanol–water partition coefficient (Wildman–Crippen LogP) is 2.13. The topological polar surface area (TPSA) is 23.5 Å². The lowest BCUT2D eigenvalue weighted by molar-refractivity contribution is 0.176. The fourth-order valence-corrected chi connectivity index (χ4v) is 1.78. The minimum atomic E-state index is 0.291. The van der Waals surface area contributed by atoms with E-state index in [1.807, 2.05) is 0 Å². The summed E-state index contributed by atoms with van der Waals surface area (Å²) in [5.74, 6) is 0.767. The van der Waals surface area contributed by atoms with E-state index in [0.717, 1.165) is 25.6 Å². The second-order valence-electron chi connectivity index (χ2n) is 3.92. The van der Waals surface area contributed by atoms with E-state index in [1.54, 1.807) is 0 Å². The maximum Gasteiger partial charge on any atom is 0.0558 e. The molecule has 80 valence electrons. The maximum atomic E-state index is 8.86. The van der Waals surface area contributed by atoms with Gasteiger partial charge in [0.1, 0.15) is 0 Å². The van der Waals surface area contributed by atoms with Crippen LogP contribution in [-0.2, 0) is 0 Å². The summed E-state index contributed by atoms with van der Waals surface area (Å²) < 4.78 is 0. The van der Waals surface area contributed by atoms with Gasteiger partial charge in [0.25, 0.3) is 0 Å². The zero-order valence-electron chi connectivity index (χ0n) is 9.42. The van der Waals surface area contributed by atoms with Gasteiger partial charge in [-0.25, -0.2) is 0 Å². The average Bonchev–Trinajstić information content (AvgIpc) is 2.05. The van der Waals surface area contributed by atoms with Gasteiger partial charge in [0.2, 0.25) is 0 Å². The Morgan fingerprint density at radius 2 is 1.85 bits per heavy atom. The Bertz CT molecular complexity index is 100. The molecule has 1 N–H and O–H groups in total. The first-order valence-electron chi connectivity index (χ1n) is 5.57. The number of hydrogen-bond acceptors (Lipinski definition) is 2. The van der Waals surface area contributed by atoms with Crippen LogP contribution < -0.4 is 0 Å². The van der Waals surface area contributed by atoms with Crippen molar-refractivity contribution in [3.63, 3.8) is 0 Å². The third-order valence-corrected chi connectivity index (χ3v) is 2.31. The van der Waals surface area contributed by atoms with Crippen LogP contribution in [0.3, 0.4) is 0 Å². The zero-order chi connectivity index (χ0) is 10.1. The van der Waals surface area contributed by atoms with E-state index in [9.17, 15) is 0 Å². The van der Waals surface area contributed by atoms with Gasteiger partial charge in [-0.05, 0) is 25.3 Å². The third kappa shape index (κ3) is 7.03. The number of hydrogen-bond donors (Lipinski definition) is 1. The van der Waals surface area contributed by atoms with Gasteiger partial charge in [-0.3, -0.25) is 0 Å². The molecule has 0 radical (unpaired) electrons. The molecule has 0 aromatic carbocycles. The fraction of sp³-hybridized carbons (Fsp3) is 1.00. The van der Waals surface area contributed by atoms with Crippen LogP contribution in [0.2, 0.25) is 0 Å². The molecule has 2 nitrogen and oxygen atoms in total. The summed E-state index contributed by atoms with van der Waals surface area (Å²) in [6.45, 7) is 10.1. The van der Waals surface area contributed by atoms with Crippen LogP contribution in [0.5, 0.6) is 0 Å². The highest BCUT2D eigenvalue weighted by molar-refractivity contribution is 4.61. The lowest BCUT2D eigenvalue weighted by atomic mass is 10.1. The van der Waals surface area contributed by atoms with E-state index in [0.29, 0.717) is 6.61 Å². The van der Waals surface area contributed by atoms with E-state index >= 15 is 0 Å². The van der Waals surface area contributed by atoms with E-state index in [-0.39, 0.29) is 0 Å². The summed E-state index contributed by atoms with van der Waals surface area (Å²) in [7, 11) is 0. The van der Waals surface area contributed by atoms with E-state index in [2.05, 4.69) is 25.7 Å². The van der Waals surface area contributed by atoms with Crippen LogP contribution >= 0.6 is 0 Å². The molecule has 0 saturated carbocycles. The first kappa shape index (κ1) is 12.9. The van der Waals surface area contributed by atoms with Crippen LogP contribution in [-0.4, -0.2) is 36.2 Å². The molecule has 0 fully saturated rings. The summed E-state index contributed by atoms with van der Waals surface area (Å²) in [6.07, 6.45) is 3.74. The first-order valence-corrected chi connectivity index (χ1v) is 5.57. The second kappa shape index (κ2) is 8.52. The van der Waals surface area contributed by atoms with Crippen molar-refractivity contribution in [2.75, 3.05) is 26.2 Å². The molecule has 0 aromatic heterocycles. The first-order chi connectivity index (χ1) is 6.24. The molecule has 0 heterocycles. The Morgan fingerprint density at radius 1 is 1.15 bits per heavy atom. The van der Waals surface area contributed by atoms with Crippen molar-refractivity contribution in [3.8, 4) is 0 Å². The monoisotopic (exact) mass is 187 g/mol. The summed E-state index contributed by atoms with van der Waals surface area (Å²) in [4.78, 5) is 2.36. The molecule has 0 amide bonds. The van der Waals surface area contributed by atoms with Gasteiger partial charge in [0.05, 0.1) is 6.61 Å². The van der Waals surface area contributed by atoms with Gasteiger partial charge in [0.15, 0.2) is 0 Å². The Balaban J connectivity index is 3.64. The van der Waals surface area contributed by atoms with Crippen LogP contribution in [0.4, 0.5) is 0 Å². The van der Waals surface area contributed by atoms with Gasteiger partial charge < -0.3 is 10.0 Å². The highest BCUT2D eigenvalue weighted by Crippen LogP contribution is 2.07. The highest BCUT2D eigenvalue weighted by Gasteiger charge is 2.07. The molecular formula is C11H25NO. The molecule has 0 aliphatic rings. The van der Waals surface area contributed by atoms with Crippen molar-refractivity contribution in [2.45, 2.75) is 40.0 Å². The van der Waals surface area contributed by atoms with Crippen molar-refractivity contribution in [1.82, 2.24) is 4.90 Å². The normalized spacial score (nSPS) is 13.6. The second-order valence-corrected chi connectivity index (χ2v) is 3.92. The van der Waals surface area contributed by atoms with Gasteiger partial charge in [-0.2, -0.15) is 0 Å². The van der Waals surface area contributed by atoms with Crippen LogP contribution in [0.1, 0.15) is 40.0 Å². The lowest BCUT2D eigenvalue weighted by Crippen LogP contribution is -2.32. The Hall–Kier alpha value is -0.0800. The molecule has 0 bridgehead atoms. The number of aliphatic hydroxyl groups excluding tert-OH is 1. The Morgan fingerprint density at radius 3 is 2.31 bits per heavy atom. The van der Waals surface area contributed by atoms with Crippen molar-refractivity contribution >= 4 is 0 Å². The van der Waals surface area contributed by atoms with Crippen LogP contribution in [0, 0.1) is 5.92 Å². The Labute approximate surface area is 82.9 Å². The summed E-state index contributed by atoms with van der Waals surface area (Å²) in [5.41, 5.74) is 0. The fourth-order valence-electron chi connectivity index (χ4n) is 1.78. The van der Waals surface area contributed by atoms with E-state index in [1.165, 1.54) is 19.3 Å². The lowest BCUT2D eigenvalue weighted by Gasteiger charge is -2.24. The molecule has 0 aliphatic carbocycles. The molecular weight excluding hydrogens is 162 g/mol. The van der Waals surface area contributed by atoms with Crippen molar-refractivity contribution < 1.29 is 5.11 Å². The van der Waals surface area contributed by atoms with Crippen molar-refractivity contribution in [1.29, 1.82) is 0 Å². The highest BCUT2D eigenvalue weighted by atomic mass is 16.3. The van der Waals surface area contributed by atoms with Gasteiger partial charge in [-0.1, -0.05) is 27.2 Å². The Kier molecular flexibility index (Phi) is 8.46.